The average molecular weight is 264 g/mol. The van der Waals surface area contributed by atoms with Crippen LogP contribution >= 0.6 is 0 Å². The maximum Gasteiger partial charge on any atom is 0.218 e. The van der Waals surface area contributed by atoms with Crippen molar-refractivity contribution in [2.24, 2.45) is 0 Å². The van der Waals surface area contributed by atoms with E-state index in [1.54, 1.807) is 11.4 Å². The molecule has 1 rings (SSSR count). The minimum Gasteiger partial charge on any atom is -0.383 e. The Balaban J connectivity index is 2.77. The first-order valence-electron chi connectivity index (χ1n) is 6.24. The molecule has 1 fully saturated rings. The summed E-state index contributed by atoms with van der Waals surface area (Å²) in [6.45, 7) is 6.20. The fourth-order valence-electron chi connectivity index (χ4n) is 2.33. The van der Waals surface area contributed by atoms with Crippen LogP contribution in [-0.4, -0.2) is 57.4 Å². The molecule has 1 saturated heterocycles. The van der Waals surface area contributed by atoms with E-state index in [1.807, 2.05) is 13.8 Å². The molecule has 102 valence electrons. The van der Waals surface area contributed by atoms with E-state index in [-0.39, 0.29) is 11.3 Å². The monoisotopic (exact) mass is 264 g/mol. The Bertz CT molecular complexity index is 313. The summed E-state index contributed by atoms with van der Waals surface area (Å²) in [6, 6.07) is -0.100. The van der Waals surface area contributed by atoms with E-state index in [9.17, 15) is 8.42 Å². The third-order valence-electron chi connectivity index (χ3n) is 3.21. The van der Waals surface area contributed by atoms with Crippen molar-refractivity contribution in [3.63, 3.8) is 0 Å². The second-order valence-electron chi connectivity index (χ2n) is 4.52. The molecule has 0 bridgehead atoms. The van der Waals surface area contributed by atoms with Gasteiger partial charge in [0.05, 0.1) is 11.9 Å². The topological polar surface area (TPSA) is 58.6 Å². The van der Waals surface area contributed by atoms with Crippen molar-refractivity contribution in [1.29, 1.82) is 0 Å². The molecular formula is C11H24N2O3S. The molecule has 0 radical (unpaired) electrons. The van der Waals surface area contributed by atoms with Gasteiger partial charge < -0.3 is 10.1 Å². The first-order valence-corrected chi connectivity index (χ1v) is 7.74. The van der Waals surface area contributed by atoms with E-state index in [4.69, 9.17) is 4.74 Å². The number of rotatable bonds is 6. The number of methoxy groups -OCH3 is 1. The fraction of sp³-hybridized carbons (Fsp3) is 1.00. The summed E-state index contributed by atoms with van der Waals surface area (Å²) in [5.74, 6) is 0. The van der Waals surface area contributed by atoms with Gasteiger partial charge in [-0.05, 0) is 26.3 Å². The standard InChI is InChI=1S/C11H24N2O3S/c1-4-13(10(2)9-16-3)17(14,15)11-6-5-7-12-8-11/h10-12H,4-9H2,1-3H3. The molecule has 0 aromatic heterocycles. The van der Waals surface area contributed by atoms with Crippen LogP contribution in [0.5, 0.6) is 0 Å². The van der Waals surface area contributed by atoms with Crippen LogP contribution in [0.15, 0.2) is 0 Å². The van der Waals surface area contributed by atoms with Gasteiger partial charge in [-0.2, -0.15) is 4.31 Å². The lowest BCUT2D eigenvalue weighted by atomic mass is 10.2. The van der Waals surface area contributed by atoms with Crippen molar-refractivity contribution in [2.75, 3.05) is 33.4 Å². The number of sulfonamides is 1. The predicted octanol–water partition coefficient (Wildman–Crippen LogP) is 0.425. The molecule has 0 amide bonds. The number of nitrogens with one attached hydrogen (secondary N) is 1. The number of nitrogens with zero attached hydrogens (tertiary/aromatic N) is 1. The van der Waals surface area contributed by atoms with Crippen LogP contribution in [0.2, 0.25) is 0 Å². The molecule has 17 heavy (non-hydrogen) atoms. The number of hydrogen-bond acceptors (Lipinski definition) is 4. The molecule has 0 saturated carbocycles. The van der Waals surface area contributed by atoms with Gasteiger partial charge in [0.15, 0.2) is 0 Å². The Morgan fingerprint density at radius 1 is 1.53 bits per heavy atom. The van der Waals surface area contributed by atoms with Crippen molar-refractivity contribution in [3.05, 3.63) is 0 Å². The fourth-order valence-corrected chi connectivity index (χ4v) is 4.43. The Morgan fingerprint density at radius 2 is 2.24 bits per heavy atom. The lowest BCUT2D eigenvalue weighted by Crippen LogP contribution is -2.50. The largest absolute Gasteiger partial charge is 0.383 e. The van der Waals surface area contributed by atoms with E-state index < -0.39 is 10.0 Å². The zero-order valence-corrected chi connectivity index (χ0v) is 11.8. The highest BCUT2D eigenvalue weighted by molar-refractivity contribution is 7.89. The SMILES string of the molecule is CCN(C(C)COC)S(=O)(=O)C1CCCNC1. The van der Waals surface area contributed by atoms with Gasteiger partial charge in [0.25, 0.3) is 0 Å². The summed E-state index contributed by atoms with van der Waals surface area (Å²) in [7, 11) is -1.61. The number of likely N-dealkylation sites (N-methyl/N-ethyl adjacent to an activating group) is 1. The van der Waals surface area contributed by atoms with Gasteiger partial charge in [0, 0.05) is 26.2 Å². The first kappa shape index (κ1) is 14.9. The highest BCUT2D eigenvalue weighted by Gasteiger charge is 2.34. The molecule has 6 heteroatoms. The molecule has 1 aliphatic rings. The van der Waals surface area contributed by atoms with Gasteiger partial charge in [0.2, 0.25) is 10.0 Å². The molecule has 2 unspecified atom stereocenters. The van der Waals surface area contributed by atoms with E-state index in [0.29, 0.717) is 19.7 Å². The normalized spacial score (nSPS) is 23.9. The highest BCUT2D eigenvalue weighted by atomic mass is 32.2. The van der Waals surface area contributed by atoms with Gasteiger partial charge in [0.1, 0.15) is 0 Å². The van der Waals surface area contributed by atoms with E-state index in [0.717, 1.165) is 19.4 Å². The van der Waals surface area contributed by atoms with Crippen molar-refractivity contribution in [1.82, 2.24) is 9.62 Å². The quantitative estimate of drug-likeness (QED) is 0.755. The van der Waals surface area contributed by atoms with Crippen LogP contribution in [-0.2, 0) is 14.8 Å². The first-order chi connectivity index (χ1) is 8.04. The molecule has 0 spiro atoms. The van der Waals surface area contributed by atoms with Crippen molar-refractivity contribution in [2.45, 2.75) is 38.0 Å². The number of ether oxygens (including phenoxy) is 1. The molecule has 1 heterocycles. The lowest BCUT2D eigenvalue weighted by molar-refractivity contribution is 0.142. The van der Waals surface area contributed by atoms with Gasteiger partial charge in [-0.3, -0.25) is 0 Å². The maximum atomic E-state index is 12.5. The Morgan fingerprint density at radius 3 is 2.71 bits per heavy atom. The van der Waals surface area contributed by atoms with E-state index in [2.05, 4.69) is 5.32 Å². The summed E-state index contributed by atoms with van der Waals surface area (Å²) >= 11 is 0. The zero-order chi connectivity index (χ0) is 12.9. The minimum atomic E-state index is -3.20. The molecule has 2 atom stereocenters. The van der Waals surface area contributed by atoms with Crippen LogP contribution in [0, 0.1) is 0 Å². The second kappa shape index (κ2) is 6.68. The third-order valence-corrected chi connectivity index (χ3v) is 5.73. The molecule has 1 N–H and O–H groups in total. The predicted molar refractivity (Wildman–Crippen MR) is 68.5 cm³/mol. The summed E-state index contributed by atoms with van der Waals surface area (Å²) in [4.78, 5) is 0. The third kappa shape index (κ3) is 3.64. The lowest BCUT2D eigenvalue weighted by Gasteiger charge is -2.32. The number of piperidine rings is 1. The van der Waals surface area contributed by atoms with Crippen LogP contribution in [0.25, 0.3) is 0 Å². The maximum absolute atomic E-state index is 12.5. The number of hydrogen-bond donors (Lipinski definition) is 1. The molecular weight excluding hydrogens is 240 g/mol. The summed E-state index contributed by atoms with van der Waals surface area (Å²) in [5, 5.41) is 2.87. The molecule has 5 nitrogen and oxygen atoms in total. The zero-order valence-electron chi connectivity index (χ0n) is 11.0. The van der Waals surface area contributed by atoms with Gasteiger partial charge in [-0.15, -0.1) is 0 Å². The second-order valence-corrected chi connectivity index (χ2v) is 6.69. The van der Waals surface area contributed by atoms with E-state index >= 15 is 0 Å². The van der Waals surface area contributed by atoms with Crippen molar-refractivity contribution in [3.8, 4) is 0 Å². The van der Waals surface area contributed by atoms with Crippen LogP contribution in [0.3, 0.4) is 0 Å². The van der Waals surface area contributed by atoms with Gasteiger partial charge >= 0.3 is 0 Å². The average Bonchev–Trinajstić information content (AvgIpc) is 2.31. The summed E-state index contributed by atoms with van der Waals surface area (Å²) in [6.07, 6.45) is 1.69. The van der Waals surface area contributed by atoms with Gasteiger partial charge in [-0.1, -0.05) is 6.92 Å². The Hall–Kier alpha value is -0.170. The Kier molecular flexibility index (Phi) is 5.85. The van der Waals surface area contributed by atoms with Crippen molar-refractivity contribution < 1.29 is 13.2 Å². The molecule has 1 aliphatic heterocycles. The molecule has 0 aromatic carbocycles. The van der Waals surface area contributed by atoms with E-state index in [1.165, 1.54) is 0 Å². The highest BCUT2D eigenvalue weighted by Crippen LogP contribution is 2.18. The van der Waals surface area contributed by atoms with Crippen LogP contribution in [0.1, 0.15) is 26.7 Å². The Labute approximate surface area is 105 Å². The smallest absolute Gasteiger partial charge is 0.218 e. The minimum absolute atomic E-state index is 0.100. The van der Waals surface area contributed by atoms with Crippen LogP contribution < -0.4 is 5.32 Å². The van der Waals surface area contributed by atoms with Crippen LogP contribution in [0.4, 0.5) is 0 Å². The molecule has 0 aliphatic carbocycles. The summed E-state index contributed by atoms with van der Waals surface area (Å²) in [5.41, 5.74) is 0. The van der Waals surface area contributed by atoms with Crippen molar-refractivity contribution >= 4 is 10.0 Å². The summed E-state index contributed by atoms with van der Waals surface area (Å²) < 4.78 is 31.5. The van der Waals surface area contributed by atoms with Gasteiger partial charge in [-0.25, -0.2) is 8.42 Å². The molecule has 0 aromatic rings.